The molecule has 0 heterocycles. The van der Waals surface area contributed by atoms with Crippen molar-refractivity contribution in [3.05, 3.63) is 83.6 Å². The Bertz CT molecular complexity index is 573. The Morgan fingerprint density at radius 2 is 1.60 bits per heavy atom. The van der Waals surface area contributed by atoms with Crippen LogP contribution in [-0.2, 0) is 6.42 Å². The van der Waals surface area contributed by atoms with Crippen LogP contribution in [0.25, 0.3) is 0 Å². The van der Waals surface area contributed by atoms with Crippen LogP contribution < -0.4 is 5.32 Å². The van der Waals surface area contributed by atoms with Crippen LogP contribution in [0.4, 0.5) is 0 Å². The summed E-state index contributed by atoms with van der Waals surface area (Å²) in [6.45, 7) is 2.75. The third-order valence-electron chi connectivity index (χ3n) is 3.07. The predicted molar refractivity (Wildman–Crippen MR) is 82.7 cm³/mol. The number of benzene rings is 2. The van der Waals surface area contributed by atoms with Crippen molar-refractivity contribution in [2.45, 2.75) is 13.3 Å². The molecule has 0 aliphatic heterocycles. The first-order valence-corrected chi connectivity index (χ1v) is 6.81. The van der Waals surface area contributed by atoms with Crippen LogP contribution in [0.3, 0.4) is 0 Å². The minimum atomic E-state index is 0.0373. The molecule has 0 radical (unpaired) electrons. The number of carbonyl (C=O) groups is 1. The van der Waals surface area contributed by atoms with Gasteiger partial charge in [-0.2, -0.15) is 0 Å². The van der Waals surface area contributed by atoms with E-state index < -0.39 is 0 Å². The van der Waals surface area contributed by atoms with Crippen molar-refractivity contribution in [1.29, 1.82) is 0 Å². The van der Waals surface area contributed by atoms with Gasteiger partial charge in [-0.15, -0.1) is 0 Å². The van der Waals surface area contributed by atoms with Gasteiger partial charge in [-0.1, -0.05) is 60.7 Å². The van der Waals surface area contributed by atoms with Gasteiger partial charge in [0, 0.05) is 23.9 Å². The van der Waals surface area contributed by atoms with E-state index in [0.29, 0.717) is 0 Å². The molecule has 1 N–H and O–H groups in total. The zero-order valence-electron chi connectivity index (χ0n) is 11.7. The highest BCUT2D eigenvalue weighted by Gasteiger charge is 2.01. The maximum atomic E-state index is 12.0. The Kier molecular flexibility index (Phi) is 5.13. The van der Waals surface area contributed by atoms with Crippen LogP contribution in [-0.4, -0.2) is 12.3 Å². The quantitative estimate of drug-likeness (QED) is 0.638. The highest BCUT2D eigenvalue weighted by Crippen LogP contribution is 2.03. The van der Waals surface area contributed by atoms with Gasteiger partial charge in [0.05, 0.1) is 0 Å². The van der Waals surface area contributed by atoms with Gasteiger partial charge in [0.1, 0.15) is 0 Å². The van der Waals surface area contributed by atoms with Gasteiger partial charge in [-0.05, 0) is 18.9 Å². The molecule has 0 amide bonds. The summed E-state index contributed by atoms with van der Waals surface area (Å²) in [7, 11) is 0. The molecule has 2 aromatic carbocycles. The molecular weight excluding hydrogens is 246 g/mol. The molecule has 0 aromatic heterocycles. The van der Waals surface area contributed by atoms with E-state index >= 15 is 0 Å². The fraction of sp³-hybridized carbons (Fsp3) is 0.167. The van der Waals surface area contributed by atoms with Gasteiger partial charge in [-0.3, -0.25) is 4.79 Å². The summed E-state index contributed by atoms with van der Waals surface area (Å²) in [4.78, 5) is 12.0. The number of carbonyl (C=O) groups excluding carboxylic acids is 1. The molecule has 20 heavy (non-hydrogen) atoms. The number of rotatable bonds is 6. The largest absolute Gasteiger partial charge is 0.388 e. The van der Waals surface area contributed by atoms with E-state index in [0.717, 1.165) is 24.2 Å². The minimum absolute atomic E-state index is 0.0373. The molecule has 0 atom stereocenters. The van der Waals surface area contributed by atoms with Crippen molar-refractivity contribution in [2.75, 3.05) is 6.54 Å². The van der Waals surface area contributed by atoms with Crippen LogP contribution in [0, 0.1) is 0 Å². The SMILES string of the molecule is C/C(=C/C(=O)c1ccccc1)NCCc1ccccc1. The summed E-state index contributed by atoms with van der Waals surface area (Å²) in [5.74, 6) is 0.0373. The molecule has 2 aromatic rings. The van der Waals surface area contributed by atoms with E-state index in [1.165, 1.54) is 5.56 Å². The fourth-order valence-corrected chi connectivity index (χ4v) is 1.98. The summed E-state index contributed by atoms with van der Waals surface area (Å²) in [6.07, 6.45) is 2.60. The van der Waals surface area contributed by atoms with E-state index in [9.17, 15) is 4.79 Å². The molecule has 0 aliphatic rings. The number of nitrogens with one attached hydrogen (secondary N) is 1. The number of allylic oxidation sites excluding steroid dienone is 2. The molecular formula is C18H19NO. The lowest BCUT2D eigenvalue weighted by Gasteiger charge is -2.06. The second-order valence-electron chi connectivity index (χ2n) is 4.72. The van der Waals surface area contributed by atoms with Crippen molar-refractivity contribution in [3.63, 3.8) is 0 Å². The smallest absolute Gasteiger partial charge is 0.187 e. The number of hydrogen-bond acceptors (Lipinski definition) is 2. The summed E-state index contributed by atoms with van der Waals surface area (Å²) >= 11 is 0. The predicted octanol–water partition coefficient (Wildman–Crippen LogP) is 3.61. The van der Waals surface area contributed by atoms with Crippen LogP contribution in [0.5, 0.6) is 0 Å². The Morgan fingerprint density at radius 3 is 2.25 bits per heavy atom. The van der Waals surface area contributed by atoms with Crippen LogP contribution in [0.15, 0.2) is 72.4 Å². The van der Waals surface area contributed by atoms with Crippen LogP contribution >= 0.6 is 0 Å². The highest BCUT2D eigenvalue weighted by molar-refractivity contribution is 6.04. The van der Waals surface area contributed by atoms with Crippen LogP contribution in [0.1, 0.15) is 22.8 Å². The third kappa shape index (κ3) is 4.39. The molecule has 2 rings (SSSR count). The lowest BCUT2D eigenvalue weighted by Crippen LogP contribution is -2.16. The first-order valence-electron chi connectivity index (χ1n) is 6.81. The molecule has 0 aliphatic carbocycles. The normalized spacial score (nSPS) is 11.2. The van der Waals surface area contributed by atoms with E-state index in [4.69, 9.17) is 0 Å². The summed E-state index contributed by atoms with van der Waals surface area (Å²) in [5.41, 5.74) is 2.91. The van der Waals surface area contributed by atoms with Gasteiger partial charge in [0.2, 0.25) is 0 Å². The first kappa shape index (κ1) is 14.1. The molecule has 0 unspecified atom stereocenters. The Balaban J connectivity index is 1.84. The first-order chi connectivity index (χ1) is 9.75. The van der Waals surface area contributed by atoms with E-state index in [2.05, 4.69) is 17.4 Å². The molecule has 102 valence electrons. The van der Waals surface area contributed by atoms with Gasteiger partial charge < -0.3 is 5.32 Å². The third-order valence-corrected chi connectivity index (χ3v) is 3.07. The maximum absolute atomic E-state index is 12.0. The summed E-state index contributed by atoms with van der Waals surface area (Å²) in [5, 5.41) is 3.27. The second kappa shape index (κ2) is 7.29. The number of hydrogen-bond donors (Lipinski definition) is 1. The van der Waals surface area contributed by atoms with Gasteiger partial charge >= 0.3 is 0 Å². The van der Waals surface area contributed by atoms with Gasteiger partial charge in [0.25, 0.3) is 0 Å². The van der Waals surface area contributed by atoms with E-state index in [-0.39, 0.29) is 5.78 Å². The number of ketones is 1. The minimum Gasteiger partial charge on any atom is -0.388 e. The molecule has 0 fully saturated rings. The standard InChI is InChI=1S/C18H19NO/c1-15(14-18(20)17-10-6-3-7-11-17)19-13-12-16-8-4-2-5-9-16/h2-11,14,19H,12-13H2,1H3/b15-14-. The Hall–Kier alpha value is -2.35. The molecule has 2 heteroatoms. The molecule has 0 bridgehead atoms. The monoisotopic (exact) mass is 265 g/mol. The molecule has 0 saturated carbocycles. The Labute approximate surface area is 120 Å². The average molecular weight is 265 g/mol. The van der Waals surface area contributed by atoms with Gasteiger partial charge in [-0.25, -0.2) is 0 Å². The summed E-state index contributed by atoms with van der Waals surface area (Å²) < 4.78 is 0. The van der Waals surface area contributed by atoms with Crippen molar-refractivity contribution >= 4 is 5.78 Å². The zero-order chi connectivity index (χ0) is 14.2. The van der Waals surface area contributed by atoms with Crippen molar-refractivity contribution in [1.82, 2.24) is 5.32 Å². The van der Waals surface area contributed by atoms with E-state index in [1.54, 1.807) is 6.08 Å². The van der Waals surface area contributed by atoms with Crippen LogP contribution in [0.2, 0.25) is 0 Å². The molecule has 0 spiro atoms. The van der Waals surface area contributed by atoms with E-state index in [1.807, 2.05) is 55.5 Å². The average Bonchev–Trinajstić information content (AvgIpc) is 2.49. The molecule has 2 nitrogen and oxygen atoms in total. The lowest BCUT2D eigenvalue weighted by atomic mass is 10.1. The van der Waals surface area contributed by atoms with Crippen molar-refractivity contribution in [3.8, 4) is 0 Å². The topological polar surface area (TPSA) is 29.1 Å². The summed E-state index contributed by atoms with van der Waals surface area (Å²) in [6, 6.07) is 19.6. The van der Waals surface area contributed by atoms with Crippen molar-refractivity contribution < 1.29 is 4.79 Å². The van der Waals surface area contributed by atoms with Crippen molar-refractivity contribution in [2.24, 2.45) is 0 Å². The molecule has 0 saturated heterocycles. The fourth-order valence-electron chi connectivity index (χ4n) is 1.98. The zero-order valence-corrected chi connectivity index (χ0v) is 11.7. The maximum Gasteiger partial charge on any atom is 0.187 e. The van der Waals surface area contributed by atoms with Gasteiger partial charge in [0.15, 0.2) is 5.78 Å². The Morgan fingerprint density at radius 1 is 1.00 bits per heavy atom. The highest BCUT2D eigenvalue weighted by atomic mass is 16.1. The second-order valence-corrected chi connectivity index (χ2v) is 4.72. The lowest BCUT2D eigenvalue weighted by molar-refractivity contribution is 0.104.